The number of carbonyl (C=O) groups excluding carboxylic acids is 7. The molecule has 0 aromatic heterocycles. The number of hydrogen-bond donors (Lipinski definition) is 10. The molecule has 8 aromatic carbocycles. The molecule has 0 aliphatic rings. The van der Waals surface area contributed by atoms with Crippen molar-refractivity contribution in [3.8, 4) is 40.2 Å². The zero-order chi connectivity index (χ0) is 64.6. The Balaban J connectivity index is 0.000000281. The number of aryl methyl sites for hydroxylation is 1. The third kappa shape index (κ3) is 22.7. The number of aromatic hydroxyl groups is 5. The van der Waals surface area contributed by atoms with Gasteiger partial charge in [-0.15, -0.1) is 0 Å². The number of hydrogen-bond acceptors (Lipinski definition) is 20. The number of ether oxygens (including phenoxy) is 3. The molecule has 87 heavy (non-hydrogen) atoms. The fraction of sp³-hybridized carbons (Fsp3) is 0.0645. The number of carbonyl (C=O) groups is 10. The number of carboxylic acid groups (broad SMARTS) is 3. The van der Waals surface area contributed by atoms with Gasteiger partial charge < -0.3 is 64.7 Å². The van der Waals surface area contributed by atoms with Gasteiger partial charge in [0.25, 0.3) is 11.8 Å². The van der Waals surface area contributed by atoms with Crippen LogP contribution in [-0.4, -0.2) is 122 Å². The van der Waals surface area contributed by atoms with Gasteiger partial charge in [-0.05, 0) is 122 Å². The van der Waals surface area contributed by atoms with E-state index in [9.17, 15) is 68.4 Å². The third-order valence-corrected chi connectivity index (χ3v) is 10.7. The highest BCUT2D eigenvalue weighted by Gasteiger charge is 2.17. The molecule has 0 aliphatic heterocycles. The average molecular weight is 1200 g/mol. The van der Waals surface area contributed by atoms with Gasteiger partial charge in [-0.2, -0.15) is 11.0 Å². The molecule has 0 unspecified atom stereocenters. The number of rotatable bonds is 14. The second-order valence-corrected chi connectivity index (χ2v) is 16.7. The van der Waals surface area contributed by atoms with Crippen molar-refractivity contribution in [2.75, 3.05) is 21.3 Å². The lowest BCUT2D eigenvalue weighted by molar-refractivity contribution is 0.0591. The number of aromatic carboxylic acids is 3. The van der Waals surface area contributed by atoms with E-state index >= 15 is 0 Å². The van der Waals surface area contributed by atoms with Gasteiger partial charge in [-0.1, -0.05) is 72.3 Å². The maximum Gasteiger partial charge on any atom is 0.339 e. The van der Waals surface area contributed by atoms with E-state index in [1.54, 1.807) is 54.6 Å². The van der Waals surface area contributed by atoms with Crippen LogP contribution in [-0.2, 0) is 14.2 Å². The highest BCUT2D eigenvalue weighted by molar-refractivity contribution is 6.00. The maximum absolute atomic E-state index is 11.9. The minimum absolute atomic E-state index is 0.0152. The first-order valence-electron chi connectivity index (χ1n) is 24.5. The fourth-order valence-electron chi connectivity index (χ4n) is 6.28. The number of methoxy groups -OCH3 is 3. The van der Waals surface area contributed by atoms with Crippen LogP contribution < -0.4 is 20.6 Å². The zero-order valence-corrected chi connectivity index (χ0v) is 46.2. The van der Waals surface area contributed by atoms with Crippen molar-refractivity contribution >= 4 is 60.2 Å². The lowest BCUT2D eigenvalue weighted by Gasteiger charge is -2.08. The van der Waals surface area contributed by atoms with Crippen LogP contribution >= 0.6 is 0 Å². The topological polar surface area (TPSA) is 403 Å². The summed E-state index contributed by atoms with van der Waals surface area (Å²) in [5.74, 6) is -7.54. The summed E-state index contributed by atoms with van der Waals surface area (Å²) in [6.45, 7) is 2.08. The van der Waals surface area contributed by atoms with Gasteiger partial charge in [0, 0.05) is 0 Å². The molecule has 0 heterocycles. The van der Waals surface area contributed by atoms with Gasteiger partial charge >= 0.3 is 35.8 Å². The molecule has 8 rings (SSSR count). The largest absolute Gasteiger partial charge is 0.507 e. The molecule has 0 atom stereocenters. The monoisotopic (exact) mass is 1190 g/mol. The van der Waals surface area contributed by atoms with E-state index in [0.29, 0.717) is 24.1 Å². The van der Waals surface area contributed by atoms with Crippen molar-refractivity contribution in [3.05, 3.63) is 243 Å². The fourth-order valence-corrected chi connectivity index (χ4v) is 6.28. The molecule has 0 saturated heterocycles. The van der Waals surface area contributed by atoms with Gasteiger partial charge in [0.05, 0.1) is 71.4 Å². The molecular formula is C62H54N2O23. The molecule has 0 saturated carbocycles. The van der Waals surface area contributed by atoms with E-state index in [2.05, 4.69) is 44.2 Å². The summed E-state index contributed by atoms with van der Waals surface area (Å²) in [6, 6.07) is 45.7. The first kappa shape index (κ1) is 68.7. The summed E-state index contributed by atoms with van der Waals surface area (Å²) in [7, 11) is 3.67. The lowest BCUT2D eigenvalue weighted by atomic mass is 10.1. The molecule has 8 aromatic rings. The summed E-state index contributed by atoms with van der Waals surface area (Å²) in [5, 5.41) is 72.7. The Labute approximate surface area is 494 Å². The van der Waals surface area contributed by atoms with Crippen LogP contribution in [0.1, 0.15) is 109 Å². The second-order valence-electron chi connectivity index (χ2n) is 16.7. The Morgan fingerprint density at radius 3 is 0.931 bits per heavy atom. The van der Waals surface area contributed by atoms with Gasteiger partial charge in [0.15, 0.2) is 24.1 Å². The molecule has 0 spiro atoms. The number of carboxylic acids is 3. The number of hydroxylamine groups is 2. The molecule has 0 fully saturated rings. The van der Waals surface area contributed by atoms with E-state index in [0.717, 1.165) is 30.3 Å². The Morgan fingerprint density at radius 2 is 0.644 bits per heavy atom. The Morgan fingerprint density at radius 1 is 0.356 bits per heavy atom. The smallest absolute Gasteiger partial charge is 0.339 e. The predicted molar refractivity (Wildman–Crippen MR) is 306 cm³/mol. The van der Waals surface area contributed by atoms with Crippen molar-refractivity contribution in [2.45, 2.75) is 6.92 Å². The van der Waals surface area contributed by atoms with Crippen LogP contribution in [0.25, 0.3) is 0 Å². The van der Waals surface area contributed by atoms with Gasteiger partial charge in [-0.25, -0.2) is 28.8 Å². The van der Waals surface area contributed by atoms with Crippen molar-refractivity contribution < 1.29 is 113 Å². The molecule has 0 radical (unpaired) electrons. The highest BCUT2D eigenvalue weighted by atomic mass is 16.7. The van der Waals surface area contributed by atoms with E-state index < -0.39 is 59.1 Å². The first-order valence-corrected chi connectivity index (χ1v) is 24.5. The predicted octanol–water partition coefficient (Wildman–Crippen LogP) is 8.48. The number of para-hydroxylation sites is 2. The summed E-state index contributed by atoms with van der Waals surface area (Å²) < 4.78 is 13.3. The van der Waals surface area contributed by atoms with E-state index in [-0.39, 0.29) is 72.9 Å². The van der Waals surface area contributed by atoms with Crippen LogP contribution in [0, 0.1) is 6.92 Å². The van der Waals surface area contributed by atoms with Crippen molar-refractivity contribution in [2.24, 2.45) is 0 Å². The molecule has 2 amide bonds. The number of esters is 3. The maximum atomic E-state index is 11.9. The van der Waals surface area contributed by atoms with Gasteiger partial charge in [0.2, 0.25) is 0 Å². The molecule has 25 heteroatoms. The second kappa shape index (κ2) is 35.3. The number of benzene rings is 8. The Kier molecular flexibility index (Phi) is 27.9. The van der Waals surface area contributed by atoms with Crippen LogP contribution in [0.5, 0.6) is 40.2 Å². The van der Waals surface area contributed by atoms with Crippen molar-refractivity contribution in [1.82, 2.24) is 11.0 Å². The summed E-state index contributed by atoms with van der Waals surface area (Å²) in [4.78, 5) is 119. The molecule has 25 nitrogen and oxygen atoms in total. The van der Waals surface area contributed by atoms with Crippen LogP contribution in [0.3, 0.4) is 0 Å². The number of phenols is 5. The molecule has 0 bridgehead atoms. The molecular weight excluding hydrogens is 1140 g/mol. The van der Waals surface area contributed by atoms with E-state index in [4.69, 9.17) is 30.1 Å². The standard InChI is InChI=1S/C15H13NO5.C14H11NO5.C9H8O5.C9H8O4.C8H6O4.C7H8/c1-20-15(19)10-7-8-12(13(17)9-10)14(18)16-21-11-5-3-2-4-6-11;16-12-8-9(14(18)19)6-7-11(12)13(17)15-20-10-4-2-1-3-5-10;1-14-9(13)5-2-3-6(8(11)12)7(10)4-5;1-13-9(12)6-2-3-7(5-10)8(11)4-6;9-4-6-2-1-5(8(11)12)3-7(6)10;1-7-5-3-2-4-6-7/h2-9,17H,1H3,(H,16,18);1-8,16H,(H,15,17)(H,18,19);2-4,10H,1H3,(H,11,12);2-5,11H,1H3;1-4,10H,(H,11,12);2-6H,1H3. The van der Waals surface area contributed by atoms with Crippen molar-refractivity contribution in [3.63, 3.8) is 0 Å². The first-order chi connectivity index (χ1) is 41.5. The van der Waals surface area contributed by atoms with E-state index in [1.807, 2.05) is 24.3 Å². The SMILES string of the molecule is COC(=O)c1ccc(C(=O)NOc2ccccc2)c(O)c1.COC(=O)c1ccc(C(=O)O)c(O)c1.COC(=O)c1ccc(C=O)c(O)c1.Cc1ccccc1.O=C(O)c1ccc(C(=O)NOc2ccccc2)c(O)c1.O=Cc1ccc(C(=O)O)cc1O. The van der Waals surface area contributed by atoms with Gasteiger partial charge in [0.1, 0.15) is 34.3 Å². The Bertz CT molecular complexity index is 3690. The molecule has 10 N–H and O–H groups in total. The minimum atomic E-state index is -1.25. The van der Waals surface area contributed by atoms with Crippen LogP contribution in [0.4, 0.5) is 0 Å². The zero-order valence-electron chi connectivity index (χ0n) is 46.2. The lowest BCUT2D eigenvalue weighted by Crippen LogP contribution is -2.27. The Hall–Kier alpha value is -12.5. The quantitative estimate of drug-likeness (QED) is 0.0211. The summed E-state index contributed by atoms with van der Waals surface area (Å²) >= 11 is 0. The number of phenolic OH excluding ortho intramolecular Hbond substituents is 4. The van der Waals surface area contributed by atoms with Crippen molar-refractivity contribution in [1.29, 1.82) is 0 Å². The summed E-state index contributed by atoms with van der Waals surface area (Å²) in [5.41, 5.74) is 5.88. The van der Waals surface area contributed by atoms with E-state index in [1.165, 1.54) is 87.6 Å². The van der Waals surface area contributed by atoms with Gasteiger partial charge in [-0.3, -0.25) is 19.2 Å². The molecule has 0 aliphatic carbocycles. The average Bonchev–Trinajstić information content (AvgIpc) is 3.54. The molecule has 450 valence electrons. The van der Waals surface area contributed by atoms with Crippen LogP contribution in [0.15, 0.2) is 182 Å². The number of amides is 2. The highest BCUT2D eigenvalue weighted by Crippen LogP contribution is 2.23. The number of nitrogens with one attached hydrogen (secondary N) is 2. The normalized spacial score (nSPS) is 9.52. The third-order valence-electron chi connectivity index (χ3n) is 10.7. The minimum Gasteiger partial charge on any atom is -0.507 e. The van der Waals surface area contributed by atoms with Crippen LogP contribution in [0.2, 0.25) is 0 Å². The summed E-state index contributed by atoms with van der Waals surface area (Å²) in [6.07, 6.45) is 0.970. The number of aldehydes is 2.